The van der Waals surface area contributed by atoms with E-state index in [1.54, 1.807) is 0 Å². The molecule has 52 heavy (non-hydrogen) atoms. The second-order valence-corrected chi connectivity index (χ2v) is 13.4. The van der Waals surface area contributed by atoms with Crippen LogP contribution in [0.2, 0.25) is 0 Å². The number of nitrogens with zero attached hydrogens (tertiary/aromatic N) is 2. The predicted octanol–water partition coefficient (Wildman–Crippen LogP) is 13.4. The molecule has 0 amide bonds. The second-order valence-electron chi connectivity index (χ2n) is 13.4. The van der Waals surface area contributed by atoms with Gasteiger partial charge in [0.15, 0.2) is 5.82 Å². The van der Waals surface area contributed by atoms with Crippen LogP contribution in [0.4, 0.5) is 0 Å². The summed E-state index contributed by atoms with van der Waals surface area (Å²) in [7, 11) is 0. The Balaban J connectivity index is 1.11. The Bertz CT molecular complexity index is 2860. The highest BCUT2D eigenvalue weighted by Gasteiger charge is 2.16. The van der Waals surface area contributed by atoms with Gasteiger partial charge < -0.3 is 0 Å². The second kappa shape index (κ2) is 12.5. The molecule has 0 N–H and O–H groups in total. The summed E-state index contributed by atoms with van der Waals surface area (Å²) in [4.78, 5) is 10.3. The van der Waals surface area contributed by atoms with Crippen molar-refractivity contribution in [3.63, 3.8) is 0 Å². The Labute approximate surface area is 302 Å². The van der Waals surface area contributed by atoms with Gasteiger partial charge in [0.1, 0.15) is 0 Å². The van der Waals surface area contributed by atoms with E-state index in [1.807, 2.05) is 12.1 Å². The van der Waals surface area contributed by atoms with Crippen molar-refractivity contribution in [2.45, 2.75) is 0 Å². The normalized spacial score (nSPS) is 11.5. The van der Waals surface area contributed by atoms with E-state index in [0.717, 1.165) is 33.6 Å². The molecule has 0 saturated heterocycles. The maximum atomic E-state index is 5.19. The van der Waals surface area contributed by atoms with Crippen LogP contribution >= 0.6 is 0 Å². The number of benzene rings is 9. The highest BCUT2D eigenvalue weighted by Crippen LogP contribution is 2.43. The maximum Gasteiger partial charge on any atom is 0.160 e. The van der Waals surface area contributed by atoms with Gasteiger partial charge >= 0.3 is 0 Å². The van der Waals surface area contributed by atoms with Gasteiger partial charge in [0.2, 0.25) is 0 Å². The SMILES string of the molecule is c1ccc(-c2ccc(-c3cc(-c4ccccc4)nc(-c4cccc(-c5ccc6ccc7c(-c8ccccc8)ccc8ccc5c6c87)c4)n3)cc2)cc1. The van der Waals surface area contributed by atoms with Crippen molar-refractivity contribution < 1.29 is 0 Å². The lowest BCUT2D eigenvalue weighted by Crippen LogP contribution is -1.96. The smallest absolute Gasteiger partial charge is 0.160 e. The van der Waals surface area contributed by atoms with Crippen LogP contribution in [0.15, 0.2) is 194 Å². The van der Waals surface area contributed by atoms with Crippen LogP contribution < -0.4 is 0 Å². The maximum absolute atomic E-state index is 5.19. The van der Waals surface area contributed by atoms with Crippen molar-refractivity contribution in [2.24, 2.45) is 0 Å². The van der Waals surface area contributed by atoms with Crippen LogP contribution in [0.25, 0.3) is 99.6 Å². The summed E-state index contributed by atoms with van der Waals surface area (Å²) in [5.41, 5.74) is 12.1. The monoisotopic (exact) mass is 660 g/mol. The molecule has 10 rings (SSSR count). The fourth-order valence-electron chi connectivity index (χ4n) is 7.69. The highest BCUT2D eigenvalue weighted by molar-refractivity contribution is 6.27. The van der Waals surface area contributed by atoms with E-state index in [9.17, 15) is 0 Å². The number of aromatic nitrogens is 2. The van der Waals surface area contributed by atoms with Crippen molar-refractivity contribution in [3.8, 4) is 67.3 Å². The quantitative estimate of drug-likeness (QED) is 0.166. The van der Waals surface area contributed by atoms with Gasteiger partial charge in [-0.3, -0.25) is 0 Å². The molecule has 0 unspecified atom stereocenters. The average Bonchev–Trinajstić information content (AvgIpc) is 3.23. The van der Waals surface area contributed by atoms with E-state index in [4.69, 9.17) is 9.97 Å². The summed E-state index contributed by atoms with van der Waals surface area (Å²) in [6.45, 7) is 0. The van der Waals surface area contributed by atoms with Crippen LogP contribution in [0, 0.1) is 0 Å². The molecule has 2 heteroatoms. The Morgan fingerprint density at radius 2 is 0.692 bits per heavy atom. The lowest BCUT2D eigenvalue weighted by atomic mass is 9.87. The van der Waals surface area contributed by atoms with Gasteiger partial charge in [-0.2, -0.15) is 0 Å². The molecule has 0 aliphatic heterocycles. The first kappa shape index (κ1) is 30.0. The molecule has 2 nitrogen and oxygen atoms in total. The zero-order valence-electron chi connectivity index (χ0n) is 28.4. The number of rotatable bonds is 6. The number of hydrogen-bond donors (Lipinski definition) is 0. The zero-order chi connectivity index (χ0) is 34.4. The molecule has 9 aromatic carbocycles. The van der Waals surface area contributed by atoms with Crippen molar-refractivity contribution in [3.05, 3.63) is 194 Å². The third kappa shape index (κ3) is 5.21. The van der Waals surface area contributed by atoms with Crippen molar-refractivity contribution in [1.29, 1.82) is 0 Å². The molecule has 0 aliphatic rings. The fourth-order valence-corrected chi connectivity index (χ4v) is 7.69. The topological polar surface area (TPSA) is 25.8 Å². The first-order valence-corrected chi connectivity index (χ1v) is 17.7. The molecule has 242 valence electrons. The van der Waals surface area contributed by atoms with E-state index >= 15 is 0 Å². The molecular weight excluding hydrogens is 629 g/mol. The van der Waals surface area contributed by atoms with Gasteiger partial charge in [0.05, 0.1) is 11.4 Å². The molecule has 0 fully saturated rings. The van der Waals surface area contributed by atoms with Crippen molar-refractivity contribution >= 4 is 32.3 Å². The van der Waals surface area contributed by atoms with Crippen molar-refractivity contribution in [2.75, 3.05) is 0 Å². The van der Waals surface area contributed by atoms with Gasteiger partial charge in [-0.1, -0.05) is 182 Å². The van der Waals surface area contributed by atoms with E-state index in [-0.39, 0.29) is 0 Å². The predicted molar refractivity (Wildman–Crippen MR) is 218 cm³/mol. The fraction of sp³-hybridized carbons (Fsp3) is 0. The van der Waals surface area contributed by atoms with Gasteiger partial charge in [-0.15, -0.1) is 0 Å². The average molecular weight is 661 g/mol. The molecular formula is C50H32N2. The Morgan fingerprint density at radius 3 is 1.29 bits per heavy atom. The minimum absolute atomic E-state index is 0.704. The van der Waals surface area contributed by atoms with Gasteiger partial charge in [0.25, 0.3) is 0 Å². The first-order chi connectivity index (χ1) is 25.8. The highest BCUT2D eigenvalue weighted by atomic mass is 14.9. The largest absolute Gasteiger partial charge is 0.228 e. The first-order valence-electron chi connectivity index (χ1n) is 17.7. The van der Waals surface area contributed by atoms with Gasteiger partial charge in [-0.05, 0) is 77.8 Å². The minimum atomic E-state index is 0.704. The molecule has 1 aromatic heterocycles. The van der Waals surface area contributed by atoms with Gasteiger partial charge in [0, 0.05) is 16.7 Å². The Kier molecular flexibility index (Phi) is 7.18. The lowest BCUT2D eigenvalue weighted by Gasteiger charge is -2.17. The minimum Gasteiger partial charge on any atom is -0.228 e. The lowest BCUT2D eigenvalue weighted by molar-refractivity contribution is 1.18. The summed E-state index contributed by atoms with van der Waals surface area (Å²) in [5.74, 6) is 0.704. The molecule has 10 aromatic rings. The van der Waals surface area contributed by atoms with Crippen LogP contribution in [0.3, 0.4) is 0 Å². The third-order valence-electron chi connectivity index (χ3n) is 10.3. The molecule has 0 saturated carbocycles. The molecule has 0 spiro atoms. The summed E-state index contributed by atoms with van der Waals surface area (Å²) in [5, 5.41) is 7.66. The van der Waals surface area contributed by atoms with Crippen LogP contribution in [0.5, 0.6) is 0 Å². The Morgan fingerprint density at radius 1 is 0.269 bits per heavy atom. The molecule has 0 radical (unpaired) electrons. The van der Waals surface area contributed by atoms with Gasteiger partial charge in [-0.25, -0.2) is 9.97 Å². The number of hydrogen-bond acceptors (Lipinski definition) is 2. The van der Waals surface area contributed by atoms with E-state index in [2.05, 4.69) is 182 Å². The van der Waals surface area contributed by atoms with Crippen LogP contribution in [-0.2, 0) is 0 Å². The zero-order valence-corrected chi connectivity index (χ0v) is 28.4. The Hall–Kier alpha value is -6.90. The summed E-state index contributed by atoms with van der Waals surface area (Å²) < 4.78 is 0. The van der Waals surface area contributed by atoms with Crippen molar-refractivity contribution in [1.82, 2.24) is 9.97 Å². The van der Waals surface area contributed by atoms with E-state index in [0.29, 0.717) is 5.82 Å². The molecule has 1 heterocycles. The molecule has 0 atom stereocenters. The van der Waals surface area contributed by atoms with Crippen LogP contribution in [-0.4, -0.2) is 9.97 Å². The molecule has 0 aliphatic carbocycles. The summed E-state index contributed by atoms with van der Waals surface area (Å²) >= 11 is 0. The third-order valence-corrected chi connectivity index (χ3v) is 10.3. The van der Waals surface area contributed by atoms with E-state index in [1.165, 1.54) is 60.1 Å². The standard InChI is InChI=1S/C50H32N2/c1-4-11-33(12-5-1)34-19-21-37(22-20-34)47-32-46(36-15-8-3-9-16-36)51-50(52-47)41-18-10-17-40(31-41)43-28-24-39-25-29-44-42(35-13-6-2-7-14-35)27-23-38-26-30-45(43)49(39)48(38)44/h1-32H. The summed E-state index contributed by atoms with van der Waals surface area (Å²) in [6.07, 6.45) is 0. The summed E-state index contributed by atoms with van der Waals surface area (Å²) in [6, 6.07) is 69.2. The van der Waals surface area contributed by atoms with Crippen LogP contribution in [0.1, 0.15) is 0 Å². The van der Waals surface area contributed by atoms with E-state index < -0.39 is 0 Å². The molecule has 0 bridgehead atoms.